The zero-order valence-electron chi connectivity index (χ0n) is 9.59. The molecule has 2 nitrogen and oxygen atoms in total. The van der Waals surface area contributed by atoms with Crippen LogP contribution in [0.1, 0.15) is 0 Å². The predicted octanol–water partition coefficient (Wildman–Crippen LogP) is 3.77. The fourth-order valence-electron chi connectivity index (χ4n) is 1.91. The summed E-state index contributed by atoms with van der Waals surface area (Å²) in [5.74, 6) is 0. The van der Waals surface area contributed by atoms with E-state index >= 15 is 0 Å². The Hall–Kier alpha value is -2.13. The van der Waals surface area contributed by atoms with Crippen molar-refractivity contribution in [2.24, 2.45) is 0 Å². The summed E-state index contributed by atoms with van der Waals surface area (Å²) >= 11 is 1.62. The molecule has 0 aliphatic carbocycles. The van der Waals surface area contributed by atoms with Crippen molar-refractivity contribution in [3.63, 3.8) is 0 Å². The first-order chi connectivity index (χ1) is 8.83. The molecule has 0 amide bonds. The Kier molecular flexibility index (Phi) is 2.82. The monoisotopic (exact) mass is 253 g/mol. The third-order valence-corrected chi connectivity index (χ3v) is 3.64. The molecule has 3 rings (SSSR count). The topological polar surface area (TPSA) is 32.9 Å². The molecule has 0 fully saturated rings. The Labute approximate surface area is 109 Å². The van der Waals surface area contributed by atoms with Gasteiger partial charge in [0.1, 0.15) is 0 Å². The summed E-state index contributed by atoms with van der Waals surface area (Å²) in [5, 5.41) is 2.00. The summed E-state index contributed by atoms with van der Waals surface area (Å²) < 4.78 is 0. The van der Waals surface area contributed by atoms with Crippen LogP contribution in [0, 0.1) is 0 Å². The lowest BCUT2D eigenvalue weighted by molar-refractivity contribution is 1.25. The highest BCUT2D eigenvalue weighted by atomic mass is 32.1. The lowest BCUT2D eigenvalue weighted by Crippen LogP contribution is -2.05. The van der Waals surface area contributed by atoms with Crippen molar-refractivity contribution < 1.29 is 0 Å². The maximum Gasteiger partial charge on any atom is 0.249 e. The van der Waals surface area contributed by atoms with Crippen LogP contribution in [0.3, 0.4) is 0 Å². The minimum absolute atomic E-state index is 0.0697. The SMILES string of the molecule is O=c1cc(-c2ccccc2)cc(-c2cccs2)[nH]1. The maximum absolute atomic E-state index is 11.7. The van der Waals surface area contributed by atoms with Crippen molar-refractivity contribution in [1.82, 2.24) is 4.98 Å². The molecule has 0 radical (unpaired) electrons. The first-order valence-electron chi connectivity index (χ1n) is 5.66. The number of rotatable bonds is 2. The van der Waals surface area contributed by atoms with Gasteiger partial charge in [0.05, 0.1) is 10.6 Å². The average Bonchev–Trinajstić information content (AvgIpc) is 2.93. The fourth-order valence-corrected chi connectivity index (χ4v) is 2.60. The first kappa shape index (κ1) is 11.0. The van der Waals surface area contributed by atoms with Gasteiger partial charge in [0.15, 0.2) is 0 Å². The Morgan fingerprint density at radius 1 is 0.889 bits per heavy atom. The van der Waals surface area contributed by atoms with E-state index in [0.29, 0.717) is 0 Å². The van der Waals surface area contributed by atoms with E-state index in [9.17, 15) is 4.79 Å². The smallest absolute Gasteiger partial charge is 0.249 e. The van der Waals surface area contributed by atoms with Gasteiger partial charge in [-0.25, -0.2) is 0 Å². The molecule has 1 aromatic carbocycles. The van der Waals surface area contributed by atoms with Gasteiger partial charge in [-0.2, -0.15) is 0 Å². The first-order valence-corrected chi connectivity index (χ1v) is 6.54. The molecule has 0 saturated heterocycles. The summed E-state index contributed by atoms with van der Waals surface area (Å²) in [4.78, 5) is 15.7. The van der Waals surface area contributed by atoms with Gasteiger partial charge < -0.3 is 4.98 Å². The molecule has 3 aromatic rings. The number of nitrogens with one attached hydrogen (secondary N) is 1. The summed E-state index contributed by atoms with van der Waals surface area (Å²) in [6.07, 6.45) is 0. The van der Waals surface area contributed by atoms with E-state index in [4.69, 9.17) is 0 Å². The summed E-state index contributed by atoms with van der Waals surface area (Å²) in [6.45, 7) is 0. The Morgan fingerprint density at radius 2 is 1.72 bits per heavy atom. The number of hydrogen-bond acceptors (Lipinski definition) is 2. The zero-order valence-corrected chi connectivity index (χ0v) is 10.4. The maximum atomic E-state index is 11.7. The van der Waals surface area contributed by atoms with Crippen LogP contribution in [0.4, 0.5) is 0 Å². The number of thiophene rings is 1. The van der Waals surface area contributed by atoms with Crippen molar-refractivity contribution >= 4 is 11.3 Å². The molecule has 0 atom stereocenters. The third kappa shape index (κ3) is 2.13. The second-order valence-electron chi connectivity index (χ2n) is 3.99. The molecule has 0 aliphatic rings. The average molecular weight is 253 g/mol. The Bertz CT molecular complexity index is 699. The molecular formula is C15H11NOS. The Morgan fingerprint density at radius 3 is 2.44 bits per heavy atom. The molecule has 18 heavy (non-hydrogen) atoms. The van der Waals surface area contributed by atoms with Crippen LogP contribution in [0.5, 0.6) is 0 Å². The van der Waals surface area contributed by atoms with Crippen LogP contribution in [-0.2, 0) is 0 Å². The fraction of sp³-hybridized carbons (Fsp3) is 0. The van der Waals surface area contributed by atoms with Crippen LogP contribution < -0.4 is 5.56 Å². The molecule has 2 heterocycles. The number of pyridine rings is 1. The minimum Gasteiger partial charge on any atom is -0.321 e. The predicted molar refractivity (Wildman–Crippen MR) is 75.8 cm³/mol. The summed E-state index contributed by atoms with van der Waals surface area (Å²) in [6, 6.07) is 17.6. The minimum atomic E-state index is -0.0697. The van der Waals surface area contributed by atoms with E-state index in [1.807, 2.05) is 53.9 Å². The van der Waals surface area contributed by atoms with Crippen LogP contribution in [0.2, 0.25) is 0 Å². The standard InChI is InChI=1S/C15H11NOS/c17-15-10-12(11-5-2-1-3-6-11)9-13(16-15)14-7-4-8-18-14/h1-10H,(H,16,17). The molecule has 0 saturated carbocycles. The van der Waals surface area contributed by atoms with Gasteiger partial charge in [-0.15, -0.1) is 11.3 Å². The van der Waals surface area contributed by atoms with Gasteiger partial charge in [0, 0.05) is 6.07 Å². The van der Waals surface area contributed by atoms with Crippen molar-refractivity contribution in [2.75, 3.05) is 0 Å². The van der Waals surface area contributed by atoms with Gasteiger partial charge in [-0.05, 0) is 28.6 Å². The van der Waals surface area contributed by atoms with Gasteiger partial charge in [0.25, 0.3) is 0 Å². The molecule has 3 heteroatoms. The van der Waals surface area contributed by atoms with Crippen LogP contribution in [-0.4, -0.2) is 4.98 Å². The highest BCUT2D eigenvalue weighted by Crippen LogP contribution is 2.25. The number of aromatic nitrogens is 1. The molecule has 88 valence electrons. The molecule has 2 aromatic heterocycles. The number of benzene rings is 1. The lowest BCUT2D eigenvalue weighted by Gasteiger charge is -2.03. The normalized spacial score (nSPS) is 10.4. The van der Waals surface area contributed by atoms with E-state index in [1.165, 1.54) is 0 Å². The quantitative estimate of drug-likeness (QED) is 0.741. The van der Waals surface area contributed by atoms with E-state index in [1.54, 1.807) is 17.4 Å². The Balaban J connectivity index is 2.15. The highest BCUT2D eigenvalue weighted by Gasteiger charge is 2.04. The lowest BCUT2D eigenvalue weighted by atomic mass is 10.1. The highest BCUT2D eigenvalue weighted by molar-refractivity contribution is 7.13. The molecular weight excluding hydrogens is 242 g/mol. The third-order valence-electron chi connectivity index (χ3n) is 2.74. The molecule has 0 unspecified atom stereocenters. The van der Waals surface area contributed by atoms with Gasteiger partial charge in [-0.3, -0.25) is 4.79 Å². The van der Waals surface area contributed by atoms with E-state index < -0.39 is 0 Å². The number of H-pyrrole nitrogens is 1. The number of aromatic amines is 1. The van der Waals surface area contributed by atoms with Crippen molar-refractivity contribution in [1.29, 1.82) is 0 Å². The van der Waals surface area contributed by atoms with Crippen LogP contribution >= 0.6 is 11.3 Å². The molecule has 1 N–H and O–H groups in total. The van der Waals surface area contributed by atoms with E-state index in [0.717, 1.165) is 21.7 Å². The molecule has 0 spiro atoms. The molecule has 0 bridgehead atoms. The van der Waals surface area contributed by atoms with Crippen molar-refractivity contribution in [3.8, 4) is 21.7 Å². The number of hydrogen-bond donors (Lipinski definition) is 1. The van der Waals surface area contributed by atoms with Gasteiger partial charge in [-0.1, -0.05) is 36.4 Å². The largest absolute Gasteiger partial charge is 0.321 e. The summed E-state index contributed by atoms with van der Waals surface area (Å²) in [5.41, 5.74) is 2.81. The van der Waals surface area contributed by atoms with Gasteiger partial charge >= 0.3 is 0 Å². The van der Waals surface area contributed by atoms with Crippen LogP contribution in [0.25, 0.3) is 21.7 Å². The second-order valence-corrected chi connectivity index (χ2v) is 4.94. The van der Waals surface area contributed by atoms with E-state index in [2.05, 4.69) is 4.98 Å². The molecule has 0 aliphatic heterocycles. The summed E-state index contributed by atoms with van der Waals surface area (Å²) in [7, 11) is 0. The van der Waals surface area contributed by atoms with Gasteiger partial charge in [0.2, 0.25) is 5.56 Å². The van der Waals surface area contributed by atoms with Crippen molar-refractivity contribution in [3.05, 3.63) is 70.3 Å². The van der Waals surface area contributed by atoms with Crippen LogP contribution in [0.15, 0.2) is 64.8 Å². The van der Waals surface area contributed by atoms with E-state index in [-0.39, 0.29) is 5.56 Å². The second kappa shape index (κ2) is 4.63. The van der Waals surface area contributed by atoms with Crippen molar-refractivity contribution in [2.45, 2.75) is 0 Å². The zero-order chi connectivity index (χ0) is 12.4.